The summed E-state index contributed by atoms with van der Waals surface area (Å²) in [6, 6.07) is 0.435. The van der Waals surface area contributed by atoms with Gasteiger partial charge in [-0.3, -0.25) is 9.58 Å². The van der Waals surface area contributed by atoms with E-state index < -0.39 is 0 Å². The van der Waals surface area contributed by atoms with Crippen molar-refractivity contribution in [1.29, 1.82) is 0 Å². The Morgan fingerprint density at radius 3 is 3.18 bits per heavy atom. The Balaban J connectivity index is 1.59. The van der Waals surface area contributed by atoms with Crippen LogP contribution < -0.4 is 0 Å². The van der Waals surface area contributed by atoms with E-state index in [2.05, 4.69) is 25.1 Å². The third-order valence-corrected chi connectivity index (χ3v) is 3.99. The number of hydrogen-bond donors (Lipinski definition) is 0. The van der Waals surface area contributed by atoms with Crippen molar-refractivity contribution in [2.24, 2.45) is 0 Å². The lowest BCUT2D eigenvalue weighted by atomic mass is 10.0. The van der Waals surface area contributed by atoms with Crippen LogP contribution in [0.4, 0.5) is 0 Å². The van der Waals surface area contributed by atoms with Crippen LogP contribution in [0.3, 0.4) is 0 Å². The van der Waals surface area contributed by atoms with Gasteiger partial charge >= 0.3 is 0 Å². The fourth-order valence-corrected chi connectivity index (χ4v) is 2.84. The number of likely N-dealkylation sites (tertiary alicyclic amines) is 1. The zero-order chi connectivity index (χ0) is 15.2. The second kappa shape index (κ2) is 7.46. The molecule has 0 saturated carbocycles. The molecule has 8 nitrogen and oxygen atoms in total. The summed E-state index contributed by atoms with van der Waals surface area (Å²) in [7, 11) is 1.67. The molecule has 0 spiro atoms. The van der Waals surface area contributed by atoms with Gasteiger partial charge in [-0.25, -0.2) is 4.98 Å². The smallest absolute Gasteiger partial charge is 0.240 e. The molecule has 0 aromatic carbocycles. The molecule has 1 atom stereocenters. The normalized spacial score (nSPS) is 19.6. The van der Waals surface area contributed by atoms with Crippen molar-refractivity contribution >= 4 is 0 Å². The van der Waals surface area contributed by atoms with Crippen LogP contribution in [0.1, 0.15) is 31.0 Å². The zero-order valence-electron chi connectivity index (χ0n) is 12.9. The monoisotopic (exact) mass is 306 g/mol. The standard InChI is InChI=1S/C14H22N6O2/c1-21-7-5-13-17-14(22-18-13)9-19-6-3-2-4-12(19)8-20-11-15-10-16-20/h10-12H,2-9H2,1H3/t12-/m0/s1. The summed E-state index contributed by atoms with van der Waals surface area (Å²) < 4.78 is 12.3. The lowest BCUT2D eigenvalue weighted by Gasteiger charge is -2.34. The van der Waals surface area contributed by atoms with Gasteiger partial charge in [-0.2, -0.15) is 10.1 Å². The maximum atomic E-state index is 5.35. The molecule has 0 unspecified atom stereocenters. The topological polar surface area (TPSA) is 82.1 Å². The van der Waals surface area contributed by atoms with Crippen molar-refractivity contribution < 1.29 is 9.26 Å². The molecule has 3 heterocycles. The fourth-order valence-electron chi connectivity index (χ4n) is 2.84. The fraction of sp³-hybridized carbons (Fsp3) is 0.714. The lowest BCUT2D eigenvalue weighted by Crippen LogP contribution is -2.41. The summed E-state index contributed by atoms with van der Waals surface area (Å²) in [4.78, 5) is 10.8. The highest BCUT2D eigenvalue weighted by atomic mass is 16.5. The molecule has 1 fully saturated rings. The minimum Gasteiger partial charge on any atom is -0.384 e. The molecule has 120 valence electrons. The SMILES string of the molecule is COCCc1noc(CN2CCCC[C@H]2Cn2cncn2)n1. The maximum absolute atomic E-state index is 5.35. The maximum Gasteiger partial charge on any atom is 0.240 e. The van der Waals surface area contributed by atoms with Crippen LogP contribution in [0.2, 0.25) is 0 Å². The first-order valence-electron chi connectivity index (χ1n) is 7.72. The van der Waals surface area contributed by atoms with Crippen LogP contribution in [0.15, 0.2) is 17.2 Å². The second-order valence-corrected chi connectivity index (χ2v) is 5.58. The first-order valence-corrected chi connectivity index (χ1v) is 7.72. The van der Waals surface area contributed by atoms with E-state index >= 15 is 0 Å². The van der Waals surface area contributed by atoms with E-state index in [-0.39, 0.29) is 0 Å². The highest BCUT2D eigenvalue weighted by molar-refractivity contribution is 4.89. The first kappa shape index (κ1) is 15.1. The summed E-state index contributed by atoms with van der Waals surface area (Å²) >= 11 is 0. The van der Waals surface area contributed by atoms with Gasteiger partial charge in [-0.05, 0) is 19.4 Å². The molecule has 0 aliphatic carbocycles. The third-order valence-electron chi connectivity index (χ3n) is 3.99. The van der Waals surface area contributed by atoms with Crippen molar-refractivity contribution in [1.82, 2.24) is 29.8 Å². The molecule has 1 saturated heterocycles. The molecule has 0 radical (unpaired) electrons. The Kier molecular flexibility index (Phi) is 5.12. The van der Waals surface area contributed by atoms with Gasteiger partial charge < -0.3 is 9.26 Å². The number of ether oxygens (including phenoxy) is 1. The van der Waals surface area contributed by atoms with Gasteiger partial charge in [0.15, 0.2) is 5.82 Å². The summed E-state index contributed by atoms with van der Waals surface area (Å²) in [5.74, 6) is 1.39. The quantitative estimate of drug-likeness (QED) is 0.751. The average molecular weight is 306 g/mol. The molecule has 0 amide bonds. The number of aromatic nitrogens is 5. The van der Waals surface area contributed by atoms with Crippen LogP contribution in [0.5, 0.6) is 0 Å². The predicted octanol–water partition coefficient (Wildman–Crippen LogP) is 0.905. The summed E-state index contributed by atoms with van der Waals surface area (Å²) in [6.07, 6.45) is 7.64. The molecule has 2 aromatic rings. The van der Waals surface area contributed by atoms with Crippen LogP contribution in [0.25, 0.3) is 0 Å². The zero-order valence-corrected chi connectivity index (χ0v) is 12.9. The highest BCUT2D eigenvalue weighted by Crippen LogP contribution is 2.20. The van der Waals surface area contributed by atoms with Crippen molar-refractivity contribution in [3.8, 4) is 0 Å². The first-order chi connectivity index (χ1) is 10.8. The number of rotatable bonds is 7. The van der Waals surface area contributed by atoms with Crippen molar-refractivity contribution in [2.75, 3.05) is 20.3 Å². The van der Waals surface area contributed by atoms with Gasteiger partial charge in [0, 0.05) is 19.6 Å². The highest BCUT2D eigenvalue weighted by Gasteiger charge is 2.24. The number of piperidine rings is 1. The molecule has 0 bridgehead atoms. The Bertz CT molecular complexity index is 555. The van der Waals surface area contributed by atoms with Gasteiger partial charge in [-0.15, -0.1) is 0 Å². The Labute approximate surface area is 129 Å². The summed E-state index contributed by atoms with van der Waals surface area (Å²) in [5, 5.41) is 8.20. The number of hydrogen-bond acceptors (Lipinski definition) is 7. The van der Waals surface area contributed by atoms with Crippen LogP contribution in [-0.4, -0.2) is 56.1 Å². The van der Waals surface area contributed by atoms with Gasteiger partial charge in [0.05, 0.1) is 19.7 Å². The molecule has 22 heavy (non-hydrogen) atoms. The van der Waals surface area contributed by atoms with Crippen LogP contribution in [-0.2, 0) is 24.2 Å². The van der Waals surface area contributed by atoms with E-state index in [4.69, 9.17) is 9.26 Å². The molecule has 8 heteroatoms. The molecular weight excluding hydrogens is 284 g/mol. The summed E-state index contributed by atoms with van der Waals surface area (Å²) in [5.41, 5.74) is 0. The minimum atomic E-state index is 0.435. The number of methoxy groups -OCH3 is 1. The van der Waals surface area contributed by atoms with E-state index in [1.807, 2.05) is 4.68 Å². The van der Waals surface area contributed by atoms with Gasteiger partial charge in [-0.1, -0.05) is 11.6 Å². The van der Waals surface area contributed by atoms with Crippen LogP contribution in [0, 0.1) is 0 Å². The molecular formula is C14H22N6O2. The van der Waals surface area contributed by atoms with E-state index in [1.165, 1.54) is 12.8 Å². The van der Waals surface area contributed by atoms with E-state index in [1.54, 1.807) is 19.8 Å². The largest absolute Gasteiger partial charge is 0.384 e. The van der Waals surface area contributed by atoms with E-state index in [0.717, 1.165) is 19.5 Å². The lowest BCUT2D eigenvalue weighted by molar-refractivity contribution is 0.108. The molecule has 1 aliphatic heterocycles. The van der Waals surface area contributed by atoms with Crippen molar-refractivity contribution in [3.05, 3.63) is 24.4 Å². The molecule has 0 N–H and O–H groups in total. The molecule has 1 aliphatic rings. The Morgan fingerprint density at radius 1 is 1.41 bits per heavy atom. The predicted molar refractivity (Wildman–Crippen MR) is 77.9 cm³/mol. The Morgan fingerprint density at radius 2 is 2.36 bits per heavy atom. The van der Waals surface area contributed by atoms with Crippen molar-refractivity contribution in [2.45, 2.75) is 44.8 Å². The van der Waals surface area contributed by atoms with E-state index in [9.17, 15) is 0 Å². The number of nitrogens with zero attached hydrogens (tertiary/aromatic N) is 6. The summed E-state index contributed by atoms with van der Waals surface area (Å²) in [6.45, 7) is 3.21. The Hall–Kier alpha value is -1.80. The van der Waals surface area contributed by atoms with Crippen LogP contribution >= 0.6 is 0 Å². The second-order valence-electron chi connectivity index (χ2n) is 5.58. The van der Waals surface area contributed by atoms with Gasteiger partial charge in [0.2, 0.25) is 5.89 Å². The van der Waals surface area contributed by atoms with Gasteiger partial charge in [0.1, 0.15) is 12.7 Å². The van der Waals surface area contributed by atoms with Gasteiger partial charge in [0.25, 0.3) is 0 Å². The van der Waals surface area contributed by atoms with Crippen molar-refractivity contribution in [3.63, 3.8) is 0 Å². The molecule has 3 rings (SSSR count). The molecule has 2 aromatic heterocycles. The van der Waals surface area contributed by atoms with E-state index in [0.29, 0.717) is 37.3 Å². The average Bonchev–Trinajstić information content (AvgIpc) is 3.19. The third kappa shape index (κ3) is 3.89. The minimum absolute atomic E-state index is 0.435.